The third kappa shape index (κ3) is 3.85. The lowest BCUT2D eigenvalue weighted by atomic mass is 9.88. The van der Waals surface area contributed by atoms with E-state index in [2.05, 4.69) is 5.32 Å². The molecule has 1 aliphatic heterocycles. The van der Waals surface area contributed by atoms with Gasteiger partial charge in [0.2, 0.25) is 0 Å². The van der Waals surface area contributed by atoms with Crippen LogP contribution in [-0.2, 0) is 29.9 Å². The highest BCUT2D eigenvalue weighted by atomic mass is 32.2. The number of aryl methyl sites for hydroxylation is 1. The van der Waals surface area contributed by atoms with E-state index in [0.29, 0.717) is 4.90 Å². The van der Waals surface area contributed by atoms with E-state index in [4.69, 9.17) is 9.47 Å². The zero-order chi connectivity index (χ0) is 23.8. The van der Waals surface area contributed by atoms with Gasteiger partial charge >= 0.3 is 11.9 Å². The normalized spacial score (nSPS) is 25.5. The molecule has 0 aromatic heterocycles. The molecular formula is C26H27NO5S. The van der Waals surface area contributed by atoms with Crippen LogP contribution in [0.5, 0.6) is 0 Å². The predicted octanol–water partition coefficient (Wildman–Crippen LogP) is 3.83. The van der Waals surface area contributed by atoms with E-state index in [9.17, 15) is 13.8 Å². The molecule has 0 saturated carbocycles. The summed E-state index contributed by atoms with van der Waals surface area (Å²) in [7, 11) is 0.751. The molecule has 6 nitrogen and oxygen atoms in total. The van der Waals surface area contributed by atoms with Gasteiger partial charge in [-0.15, -0.1) is 0 Å². The van der Waals surface area contributed by atoms with Crippen molar-refractivity contribution >= 4 is 33.5 Å². The minimum absolute atomic E-state index is 0.0443. The summed E-state index contributed by atoms with van der Waals surface area (Å²) < 4.78 is 22.9. The monoisotopic (exact) mass is 465 g/mol. The SMILES string of the molecule is COC(=O)[C@]1(C)C[C@](C(=O)OC)([S@](=O)c2ccc(C)cc2)[C@H](c2ccc3ccccc3c2)N1. The molecule has 0 amide bonds. The third-order valence-corrected chi connectivity index (χ3v) is 8.29. The molecule has 0 aliphatic carbocycles. The summed E-state index contributed by atoms with van der Waals surface area (Å²) in [4.78, 5) is 26.7. The number of carbonyl (C=O) groups excluding carboxylic acids is 2. The lowest BCUT2D eigenvalue weighted by molar-refractivity contribution is -0.147. The van der Waals surface area contributed by atoms with Gasteiger partial charge in [0, 0.05) is 11.3 Å². The van der Waals surface area contributed by atoms with Gasteiger partial charge in [0.05, 0.1) is 31.1 Å². The van der Waals surface area contributed by atoms with Crippen molar-refractivity contribution < 1.29 is 23.3 Å². The molecule has 4 atom stereocenters. The first-order valence-corrected chi connectivity index (χ1v) is 11.8. The van der Waals surface area contributed by atoms with Crippen LogP contribution in [0.1, 0.15) is 30.5 Å². The fraction of sp³-hybridized carbons (Fsp3) is 0.308. The summed E-state index contributed by atoms with van der Waals surface area (Å²) in [6.07, 6.45) is -0.0443. The van der Waals surface area contributed by atoms with Crippen molar-refractivity contribution in [2.24, 2.45) is 0 Å². The average molecular weight is 466 g/mol. The minimum Gasteiger partial charge on any atom is -0.468 e. The van der Waals surface area contributed by atoms with Gasteiger partial charge < -0.3 is 9.47 Å². The third-order valence-electron chi connectivity index (χ3n) is 6.38. The van der Waals surface area contributed by atoms with Crippen molar-refractivity contribution in [1.29, 1.82) is 0 Å². The topological polar surface area (TPSA) is 81.7 Å². The quantitative estimate of drug-likeness (QED) is 0.577. The summed E-state index contributed by atoms with van der Waals surface area (Å²) in [5.74, 6) is -1.17. The Balaban J connectivity index is 1.94. The van der Waals surface area contributed by atoms with E-state index in [0.717, 1.165) is 21.9 Å². The Kier molecular flexibility index (Phi) is 6.12. The molecule has 0 unspecified atom stereocenters. The van der Waals surface area contributed by atoms with Crippen LogP contribution in [0.15, 0.2) is 71.6 Å². The molecule has 7 heteroatoms. The lowest BCUT2D eigenvalue weighted by Gasteiger charge is -2.31. The Morgan fingerprint density at radius 2 is 1.58 bits per heavy atom. The zero-order valence-electron chi connectivity index (χ0n) is 19.1. The van der Waals surface area contributed by atoms with E-state index in [1.54, 1.807) is 19.1 Å². The van der Waals surface area contributed by atoms with Crippen molar-refractivity contribution in [2.75, 3.05) is 14.2 Å². The van der Waals surface area contributed by atoms with Crippen LogP contribution in [0.3, 0.4) is 0 Å². The number of methoxy groups -OCH3 is 2. The second-order valence-corrected chi connectivity index (χ2v) is 10.4. The number of rotatable bonds is 5. The van der Waals surface area contributed by atoms with E-state index >= 15 is 0 Å². The van der Waals surface area contributed by atoms with Crippen LogP contribution >= 0.6 is 0 Å². The first kappa shape index (κ1) is 23.1. The summed E-state index contributed by atoms with van der Waals surface area (Å²) in [5.41, 5.74) is 0.518. The van der Waals surface area contributed by atoms with Crippen molar-refractivity contribution in [1.82, 2.24) is 5.32 Å². The van der Waals surface area contributed by atoms with Crippen LogP contribution < -0.4 is 5.32 Å². The molecule has 1 aliphatic rings. The largest absolute Gasteiger partial charge is 0.468 e. The van der Waals surface area contributed by atoms with Crippen molar-refractivity contribution in [2.45, 2.75) is 41.5 Å². The smallest absolute Gasteiger partial charge is 0.327 e. The number of esters is 2. The zero-order valence-corrected chi connectivity index (χ0v) is 19.9. The summed E-state index contributed by atoms with van der Waals surface area (Å²) in [6, 6.07) is 20.1. The van der Waals surface area contributed by atoms with Crippen LogP contribution in [-0.4, -0.2) is 40.7 Å². The molecule has 0 bridgehead atoms. The Hall–Kier alpha value is -3.03. The molecule has 0 spiro atoms. The maximum Gasteiger partial charge on any atom is 0.327 e. The van der Waals surface area contributed by atoms with E-state index in [1.807, 2.05) is 61.5 Å². The molecule has 1 heterocycles. The number of hydrogen-bond donors (Lipinski definition) is 1. The fourth-order valence-corrected chi connectivity index (χ4v) is 6.56. The van der Waals surface area contributed by atoms with Gasteiger partial charge in [-0.25, -0.2) is 0 Å². The molecule has 0 radical (unpaired) electrons. The number of carbonyl (C=O) groups is 2. The highest BCUT2D eigenvalue weighted by Crippen LogP contribution is 2.48. The fourth-order valence-electron chi connectivity index (χ4n) is 4.69. The minimum atomic E-state index is -1.83. The number of hydrogen-bond acceptors (Lipinski definition) is 6. The van der Waals surface area contributed by atoms with Gasteiger partial charge in [0.25, 0.3) is 0 Å². The highest BCUT2D eigenvalue weighted by Gasteiger charge is 2.65. The Morgan fingerprint density at radius 3 is 2.21 bits per heavy atom. The molecule has 1 N–H and O–H groups in total. The summed E-state index contributed by atoms with van der Waals surface area (Å²) in [5, 5.41) is 5.31. The Morgan fingerprint density at radius 1 is 0.939 bits per heavy atom. The first-order chi connectivity index (χ1) is 15.7. The average Bonchev–Trinajstić information content (AvgIpc) is 3.18. The molecule has 3 aromatic rings. The number of benzene rings is 3. The summed E-state index contributed by atoms with van der Waals surface area (Å²) in [6.45, 7) is 3.61. The maximum absolute atomic E-state index is 14.1. The Bertz CT molecular complexity index is 1240. The van der Waals surface area contributed by atoms with Crippen molar-refractivity contribution in [3.63, 3.8) is 0 Å². The molecule has 1 fully saturated rings. The van der Waals surface area contributed by atoms with Gasteiger partial charge in [-0.2, -0.15) is 0 Å². The van der Waals surface area contributed by atoms with E-state index in [1.165, 1.54) is 14.2 Å². The maximum atomic E-state index is 14.1. The molecule has 3 aromatic carbocycles. The van der Waals surface area contributed by atoms with E-state index in [-0.39, 0.29) is 6.42 Å². The standard InChI is InChI=1S/C26H27NO5S/c1-17-9-13-21(14-10-17)33(30)26(24(29)32-4)16-25(2,23(28)31-3)27-22(26)20-12-11-18-7-5-6-8-19(18)15-20/h5-15,22,27H,16H2,1-4H3/t22-,25-,26-,33+/m0/s1. The van der Waals surface area contributed by atoms with Crippen molar-refractivity contribution in [3.05, 3.63) is 77.9 Å². The number of fused-ring (bicyclic) bond motifs is 1. The first-order valence-electron chi connectivity index (χ1n) is 10.7. The molecule has 4 rings (SSSR count). The molecule has 172 valence electrons. The van der Waals surface area contributed by atoms with Crippen molar-refractivity contribution in [3.8, 4) is 0 Å². The van der Waals surface area contributed by atoms with Gasteiger partial charge in [-0.3, -0.25) is 19.1 Å². The number of nitrogens with one attached hydrogen (secondary N) is 1. The second-order valence-electron chi connectivity index (χ2n) is 8.65. The Labute approximate surface area is 195 Å². The van der Waals surface area contributed by atoms with Crippen LogP contribution in [0.4, 0.5) is 0 Å². The van der Waals surface area contributed by atoms with Gasteiger partial charge in [-0.05, 0) is 48.4 Å². The van der Waals surface area contributed by atoms with Crippen LogP contribution in [0.25, 0.3) is 10.8 Å². The predicted molar refractivity (Wildman–Crippen MR) is 127 cm³/mol. The molecule has 33 heavy (non-hydrogen) atoms. The van der Waals surface area contributed by atoms with Gasteiger partial charge in [0.15, 0.2) is 4.75 Å². The number of ether oxygens (including phenoxy) is 2. The second kappa shape index (κ2) is 8.72. The van der Waals surface area contributed by atoms with Gasteiger partial charge in [0.1, 0.15) is 5.54 Å². The van der Waals surface area contributed by atoms with Gasteiger partial charge in [-0.1, -0.05) is 54.1 Å². The molecule has 1 saturated heterocycles. The lowest BCUT2D eigenvalue weighted by Crippen LogP contribution is -2.48. The molecular weight excluding hydrogens is 438 g/mol. The van der Waals surface area contributed by atoms with Crippen LogP contribution in [0.2, 0.25) is 0 Å². The highest BCUT2D eigenvalue weighted by molar-refractivity contribution is 7.87. The van der Waals surface area contributed by atoms with E-state index < -0.39 is 39.1 Å². The van der Waals surface area contributed by atoms with Crippen LogP contribution in [0, 0.1) is 6.92 Å². The summed E-state index contributed by atoms with van der Waals surface area (Å²) >= 11 is 0.